The van der Waals surface area contributed by atoms with Crippen molar-refractivity contribution in [3.63, 3.8) is 0 Å². The number of fused-ring (bicyclic) bond motifs is 1. The predicted molar refractivity (Wildman–Crippen MR) is 110 cm³/mol. The molecule has 8 nitrogen and oxygen atoms in total. The number of nitrogens with one attached hydrogen (secondary N) is 2. The maximum Gasteiger partial charge on any atom is 0.415 e. The Hall–Kier alpha value is -3.31. The molecule has 2 fully saturated rings. The first kappa shape index (κ1) is 20.6. The molecular formula is C20H15ClF3N5O3. The summed E-state index contributed by atoms with van der Waals surface area (Å²) >= 11 is 5.84. The van der Waals surface area contributed by atoms with Crippen LogP contribution in [0.1, 0.15) is 0 Å². The van der Waals surface area contributed by atoms with Crippen LogP contribution in [0.3, 0.4) is 0 Å². The van der Waals surface area contributed by atoms with Crippen molar-refractivity contribution in [1.29, 1.82) is 0 Å². The van der Waals surface area contributed by atoms with E-state index in [2.05, 4.69) is 25.3 Å². The van der Waals surface area contributed by atoms with Crippen molar-refractivity contribution >= 4 is 45.8 Å². The molecule has 2 saturated heterocycles. The van der Waals surface area contributed by atoms with E-state index in [9.17, 15) is 18.0 Å². The molecule has 0 bridgehead atoms. The zero-order chi connectivity index (χ0) is 22.5. The molecule has 2 aliphatic rings. The fourth-order valence-corrected chi connectivity index (χ4v) is 3.87. The van der Waals surface area contributed by atoms with Gasteiger partial charge in [-0.25, -0.2) is 19.2 Å². The first-order valence-corrected chi connectivity index (χ1v) is 9.89. The van der Waals surface area contributed by atoms with Gasteiger partial charge in [0, 0.05) is 24.5 Å². The van der Waals surface area contributed by atoms with Gasteiger partial charge in [-0.15, -0.1) is 0 Å². The largest absolute Gasteiger partial charge is 0.438 e. The Bertz CT molecular complexity index is 1220. The molecule has 0 unspecified atom stereocenters. The summed E-state index contributed by atoms with van der Waals surface area (Å²) in [4.78, 5) is 22.0. The summed E-state index contributed by atoms with van der Waals surface area (Å²) in [6.45, 7) is -2.05. The minimum Gasteiger partial charge on any atom is -0.438 e. The van der Waals surface area contributed by atoms with E-state index in [0.717, 1.165) is 0 Å². The molecule has 1 spiro atoms. The second-order valence-corrected chi connectivity index (χ2v) is 7.81. The number of benzene rings is 2. The van der Waals surface area contributed by atoms with Gasteiger partial charge < -0.3 is 20.1 Å². The van der Waals surface area contributed by atoms with E-state index >= 15 is 0 Å². The number of aromatic nitrogens is 2. The number of rotatable bonds is 5. The van der Waals surface area contributed by atoms with E-state index in [1.165, 1.54) is 35.5 Å². The average molecular weight is 466 g/mol. The van der Waals surface area contributed by atoms with Gasteiger partial charge >= 0.3 is 12.7 Å². The number of hydrogen-bond acceptors (Lipinski definition) is 7. The van der Waals surface area contributed by atoms with Crippen molar-refractivity contribution in [3.05, 3.63) is 47.5 Å². The number of halogens is 4. The molecule has 0 saturated carbocycles. The molecule has 2 aromatic carbocycles. The number of carbonyl (C=O) groups is 1. The van der Waals surface area contributed by atoms with Gasteiger partial charge in [-0.05, 0) is 18.2 Å². The maximum absolute atomic E-state index is 14.4. The number of nitrogens with zero attached hydrogens (tertiary/aromatic N) is 3. The van der Waals surface area contributed by atoms with Crippen LogP contribution < -0.4 is 20.3 Å². The Balaban J connectivity index is 1.61. The summed E-state index contributed by atoms with van der Waals surface area (Å²) in [5, 5.41) is 6.14. The SMILES string of the molecule is O=C1OC2(CNC2)CN1c1cc2c(Nc3cccc(Cl)c3F)ncnc2cc1OC(F)F. The molecule has 0 atom stereocenters. The van der Waals surface area contributed by atoms with Gasteiger partial charge in [0.2, 0.25) is 0 Å². The monoisotopic (exact) mass is 465 g/mol. The molecule has 0 aliphatic carbocycles. The fourth-order valence-electron chi connectivity index (χ4n) is 3.70. The molecular weight excluding hydrogens is 451 g/mol. The van der Waals surface area contributed by atoms with Crippen molar-refractivity contribution in [2.45, 2.75) is 12.2 Å². The quantitative estimate of drug-likeness (QED) is 0.587. The van der Waals surface area contributed by atoms with Crippen LogP contribution in [0.25, 0.3) is 10.9 Å². The van der Waals surface area contributed by atoms with Crippen LogP contribution in [0.2, 0.25) is 5.02 Å². The van der Waals surface area contributed by atoms with Gasteiger partial charge in [0.25, 0.3) is 0 Å². The Morgan fingerprint density at radius 3 is 2.78 bits per heavy atom. The predicted octanol–water partition coefficient (Wildman–Crippen LogP) is 4.07. The third kappa shape index (κ3) is 3.53. The first-order valence-electron chi connectivity index (χ1n) is 9.51. The van der Waals surface area contributed by atoms with Crippen molar-refractivity contribution in [3.8, 4) is 5.75 Å². The number of alkyl halides is 2. The van der Waals surface area contributed by atoms with Crippen LogP contribution >= 0.6 is 11.6 Å². The summed E-state index contributed by atoms with van der Waals surface area (Å²) < 4.78 is 50.7. The topological polar surface area (TPSA) is 88.6 Å². The van der Waals surface area contributed by atoms with Crippen molar-refractivity contribution in [2.24, 2.45) is 0 Å². The third-order valence-corrected chi connectivity index (χ3v) is 5.58. The molecule has 32 heavy (non-hydrogen) atoms. The van der Waals surface area contributed by atoms with Gasteiger partial charge in [0.15, 0.2) is 17.2 Å². The number of anilines is 3. The molecule has 3 aromatic rings. The Labute approximate surface area is 184 Å². The van der Waals surface area contributed by atoms with Crippen LogP contribution in [0.5, 0.6) is 5.75 Å². The van der Waals surface area contributed by atoms with Gasteiger partial charge in [-0.3, -0.25) is 4.90 Å². The minimum atomic E-state index is -3.12. The lowest BCUT2D eigenvalue weighted by Crippen LogP contribution is -2.61. The molecule has 166 valence electrons. The number of ether oxygens (including phenoxy) is 2. The average Bonchev–Trinajstić information content (AvgIpc) is 3.09. The molecule has 1 amide bonds. The normalized spacial score (nSPS) is 17.0. The molecule has 12 heteroatoms. The lowest BCUT2D eigenvalue weighted by molar-refractivity contribution is -0.0494. The van der Waals surface area contributed by atoms with Gasteiger partial charge in [-0.2, -0.15) is 8.78 Å². The smallest absolute Gasteiger partial charge is 0.415 e. The molecule has 0 radical (unpaired) electrons. The van der Waals surface area contributed by atoms with Crippen LogP contribution in [0.15, 0.2) is 36.7 Å². The summed E-state index contributed by atoms with van der Waals surface area (Å²) in [5.74, 6) is -0.734. The van der Waals surface area contributed by atoms with Gasteiger partial charge in [0.1, 0.15) is 12.1 Å². The van der Waals surface area contributed by atoms with Crippen LogP contribution in [0.4, 0.5) is 35.2 Å². The zero-order valence-corrected chi connectivity index (χ0v) is 17.0. The maximum atomic E-state index is 14.4. The molecule has 3 heterocycles. The highest BCUT2D eigenvalue weighted by molar-refractivity contribution is 6.31. The zero-order valence-electron chi connectivity index (χ0n) is 16.2. The number of amides is 1. The lowest BCUT2D eigenvalue weighted by Gasteiger charge is -2.36. The number of carbonyl (C=O) groups excluding carboxylic acids is 1. The van der Waals surface area contributed by atoms with E-state index < -0.39 is 24.1 Å². The summed E-state index contributed by atoms with van der Waals surface area (Å²) in [6.07, 6.45) is 0.509. The minimum absolute atomic E-state index is 0.0621. The van der Waals surface area contributed by atoms with Gasteiger partial charge in [0.05, 0.1) is 28.5 Å². The highest BCUT2D eigenvalue weighted by Gasteiger charge is 2.50. The second kappa shape index (κ2) is 7.68. The summed E-state index contributed by atoms with van der Waals surface area (Å²) in [5.41, 5.74) is -0.341. The standard InChI is InChI=1S/C20H15ClF3N5O3/c21-11-2-1-3-12(16(11)22)28-17-10-4-14(29-8-20(6-25-7-20)32-19(29)30)15(31-18(23)24)5-13(10)26-9-27-17/h1-5,9,18,25H,6-8H2,(H,26,27,28). The Morgan fingerprint density at radius 1 is 1.28 bits per heavy atom. The number of hydrogen-bond donors (Lipinski definition) is 2. The first-order chi connectivity index (χ1) is 15.3. The lowest BCUT2D eigenvalue weighted by atomic mass is 9.97. The van der Waals surface area contributed by atoms with Crippen molar-refractivity contribution in [1.82, 2.24) is 15.3 Å². The highest BCUT2D eigenvalue weighted by atomic mass is 35.5. The molecule has 2 N–H and O–H groups in total. The molecule has 2 aliphatic heterocycles. The highest BCUT2D eigenvalue weighted by Crippen LogP contribution is 2.40. The Kier molecular flexibility index (Phi) is 4.94. The third-order valence-electron chi connectivity index (χ3n) is 5.29. The fraction of sp³-hybridized carbons (Fsp3) is 0.250. The van der Waals surface area contributed by atoms with Crippen LogP contribution in [-0.4, -0.2) is 47.9 Å². The van der Waals surface area contributed by atoms with Gasteiger partial charge in [-0.1, -0.05) is 17.7 Å². The van der Waals surface area contributed by atoms with Crippen molar-refractivity contribution < 1.29 is 27.4 Å². The summed E-state index contributed by atoms with van der Waals surface area (Å²) in [6, 6.07) is 7.13. The molecule has 5 rings (SSSR count). The molecule has 1 aromatic heterocycles. The van der Waals surface area contributed by atoms with E-state index in [1.807, 2.05) is 0 Å². The van der Waals surface area contributed by atoms with E-state index in [1.54, 1.807) is 6.07 Å². The Morgan fingerprint density at radius 2 is 2.09 bits per heavy atom. The van der Waals surface area contributed by atoms with Crippen molar-refractivity contribution in [2.75, 3.05) is 29.9 Å². The van der Waals surface area contributed by atoms with Crippen LogP contribution in [0, 0.1) is 5.82 Å². The van der Waals surface area contributed by atoms with E-state index in [-0.39, 0.29) is 40.0 Å². The second-order valence-electron chi connectivity index (χ2n) is 7.40. The van der Waals surface area contributed by atoms with E-state index in [4.69, 9.17) is 16.3 Å². The summed E-state index contributed by atoms with van der Waals surface area (Å²) in [7, 11) is 0. The van der Waals surface area contributed by atoms with E-state index in [0.29, 0.717) is 18.5 Å². The van der Waals surface area contributed by atoms with Crippen LogP contribution in [-0.2, 0) is 4.74 Å².